The smallest absolute Gasteiger partial charge is 0.366 e. The Hall–Kier alpha value is -3.11. The number of anilines is 1. The van der Waals surface area contributed by atoms with Gasteiger partial charge >= 0.3 is 10.0 Å². The molecule has 0 aliphatic rings. The number of primary amides is 1. The molecule has 0 spiro atoms. The van der Waals surface area contributed by atoms with E-state index >= 15 is 0 Å². The number of benzene rings is 1. The van der Waals surface area contributed by atoms with Crippen molar-refractivity contribution >= 4 is 38.2 Å². The molecule has 28 heavy (non-hydrogen) atoms. The minimum absolute atomic E-state index is 0.0755. The van der Waals surface area contributed by atoms with E-state index in [9.17, 15) is 22.4 Å². The van der Waals surface area contributed by atoms with Crippen LogP contribution in [0.25, 0.3) is 0 Å². The van der Waals surface area contributed by atoms with Crippen molar-refractivity contribution in [3.63, 3.8) is 0 Å². The van der Waals surface area contributed by atoms with Gasteiger partial charge in [0, 0.05) is 19.1 Å². The molecule has 2 aromatic heterocycles. The lowest BCUT2D eigenvalue weighted by Gasteiger charge is -2.05. The Morgan fingerprint density at radius 3 is 2.43 bits per heavy atom. The molecule has 3 aromatic rings. The molecule has 7 nitrogen and oxygen atoms in total. The van der Waals surface area contributed by atoms with Crippen molar-refractivity contribution in [2.24, 2.45) is 5.73 Å². The third kappa shape index (κ3) is 3.64. The monoisotopic (exact) mass is 420 g/mol. The van der Waals surface area contributed by atoms with Crippen LogP contribution in [0.15, 0.2) is 58.9 Å². The van der Waals surface area contributed by atoms with Crippen molar-refractivity contribution in [1.29, 1.82) is 0 Å². The molecule has 0 saturated carbocycles. The molecule has 0 saturated heterocycles. The van der Waals surface area contributed by atoms with Crippen molar-refractivity contribution in [3.8, 4) is 0 Å². The zero-order chi connectivity index (χ0) is 20.5. The minimum atomic E-state index is -4.01. The van der Waals surface area contributed by atoms with E-state index in [1.165, 1.54) is 24.4 Å². The maximum absolute atomic E-state index is 13.8. The molecule has 3 N–H and O–H groups in total. The Morgan fingerprint density at radius 1 is 1.11 bits per heavy atom. The molecule has 3 rings (SSSR count). The maximum atomic E-state index is 13.8. The summed E-state index contributed by atoms with van der Waals surface area (Å²) < 4.78 is 40.5. The van der Waals surface area contributed by atoms with Gasteiger partial charge in [-0.2, -0.15) is 8.42 Å². The molecular weight excluding hydrogens is 405 g/mol. The number of aromatic nitrogens is 1. The molecule has 0 fully saturated rings. The number of carbonyl (C=O) groups excluding carboxylic acids is 2. The standard InChI is InChI=1S/C18H14FN3O4S2/c1-11-6-4-5-9-22(11)28(25,26)15-10-13(16(20)23)18(27-15)21-17(24)12-7-2-3-8-14(12)19/h2-10H,1H3,(H2-,20,21,23,24)/p+1. The lowest BCUT2D eigenvalue weighted by atomic mass is 10.2. The van der Waals surface area contributed by atoms with Crippen LogP contribution >= 0.6 is 11.3 Å². The number of hydrogen-bond donors (Lipinski definition) is 2. The number of hydrogen-bond acceptors (Lipinski definition) is 5. The molecule has 0 radical (unpaired) electrons. The zero-order valence-electron chi connectivity index (χ0n) is 14.5. The fourth-order valence-electron chi connectivity index (χ4n) is 2.47. The SMILES string of the molecule is Cc1cccc[n+]1S(=O)(=O)c1cc(C(N)=O)c(NC(=O)c2ccccc2F)s1. The number of amides is 2. The van der Waals surface area contributed by atoms with Crippen LogP contribution in [-0.2, 0) is 10.0 Å². The molecule has 0 aliphatic carbocycles. The van der Waals surface area contributed by atoms with Gasteiger partial charge in [0.1, 0.15) is 10.8 Å². The van der Waals surface area contributed by atoms with Crippen molar-refractivity contribution < 1.29 is 26.4 Å². The Bertz CT molecular complexity index is 1190. The Morgan fingerprint density at radius 2 is 1.79 bits per heavy atom. The molecule has 1 aromatic carbocycles. The molecule has 2 amide bonds. The van der Waals surface area contributed by atoms with E-state index in [4.69, 9.17) is 5.73 Å². The minimum Gasteiger partial charge on any atom is -0.366 e. The van der Waals surface area contributed by atoms with Gasteiger partial charge in [-0.25, -0.2) is 4.39 Å². The van der Waals surface area contributed by atoms with Crippen molar-refractivity contribution in [1.82, 2.24) is 0 Å². The fraction of sp³-hybridized carbons (Fsp3) is 0.0556. The van der Waals surface area contributed by atoms with Gasteiger partial charge in [0.15, 0.2) is 16.1 Å². The quantitative estimate of drug-likeness (QED) is 0.616. The number of nitrogens with two attached hydrogens (primary N) is 1. The second-order valence-corrected chi connectivity index (χ2v) is 8.84. The summed E-state index contributed by atoms with van der Waals surface area (Å²) in [5.74, 6) is -2.49. The van der Waals surface area contributed by atoms with Gasteiger partial charge in [-0.05, 0) is 18.2 Å². The van der Waals surface area contributed by atoms with Crippen LogP contribution in [0, 0.1) is 12.7 Å². The molecule has 144 valence electrons. The van der Waals surface area contributed by atoms with Crippen LogP contribution in [0.3, 0.4) is 0 Å². The highest BCUT2D eigenvalue weighted by atomic mass is 32.2. The van der Waals surface area contributed by atoms with Gasteiger partial charge in [-0.1, -0.05) is 33.5 Å². The van der Waals surface area contributed by atoms with E-state index in [0.29, 0.717) is 17.0 Å². The van der Waals surface area contributed by atoms with Gasteiger partial charge in [0.05, 0.1) is 11.1 Å². The van der Waals surface area contributed by atoms with Crippen molar-refractivity contribution in [2.45, 2.75) is 11.1 Å². The molecule has 2 heterocycles. The average molecular weight is 420 g/mol. The summed E-state index contributed by atoms with van der Waals surface area (Å²) in [6.07, 6.45) is 1.37. The maximum Gasteiger partial charge on any atom is 0.409 e. The average Bonchev–Trinajstić information content (AvgIpc) is 3.07. The lowest BCUT2D eigenvalue weighted by Crippen LogP contribution is -2.44. The summed E-state index contributed by atoms with van der Waals surface area (Å²) >= 11 is 0.663. The third-order valence-corrected chi connectivity index (χ3v) is 7.13. The number of carbonyl (C=O) groups is 2. The van der Waals surface area contributed by atoms with E-state index in [2.05, 4.69) is 5.32 Å². The Balaban J connectivity index is 2.04. The summed E-state index contributed by atoms with van der Waals surface area (Å²) in [5, 5.41) is 2.30. The van der Waals surface area contributed by atoms with Crippen LogP contribution in [0.2, 0.25) is 0 Å². The summed E-state index contributed by atoms with van der Waals surface area (Å²) in [7, 11) is -4.01. The first-order valence-electron chi connectivity index (χ1n) is 7.94. The Labute approximate surface area is 164 Å². The first-order valence-corrected chi connectivity index (χ1v) is 10.2. The van der Waals surface area contributed by atoms with Gasteiger partial charge < -0.3 is 11.1 Å². The largest absolute Gasteiger partial charge is 0.409 e. The second-order valence-electron chi connectivity index (χ2n) is 5.75. The summed E-state index contributed by atoms with van der Waals surface area (Å²) in [5.41, 5.74) is 5.35. The van der Waals surface area contributed by atoms with Crippen molar-refractivity contribution in [2.75, 3.05) is 5.32 Å². The van der Waals surface area contributed by atoms with Crippen molar-refractivity contribution in [3.05, 3.63) is 77.4 Å². The zero-order valence-corrected chi connectivity index (χ0v) is 16.2. The van der Waals surface area contributed by atoms with Gasteiger partial charge in [0.25, 0.3) is 11.8 Å². The number of halogens is 1. The van der Waals surface area contributed by atoms with Gasteiger partial charge in [-0.3, -0.25) is 9.59 Å². The number of pyridine rings is 1. The van der Waals surface area contributed by atoms with Gasteiger partial charge in [-0.15, -0.1) is 0 Å². The first-order chi connectivity index (χ1) is 13.2. The first kappa shape index (κ1) is 19.6. The molecular formula is C18H15FN3O4S2+. The molecule has 0 aliphatic heterocycles. The molecule has 0 unspecified atom stereocenters. The number of nitrogens with zero attached hydrogens (tertiary/aromatic N) is 1. The van der Waals surface area contributed by atoms with Crippen LogP contribution in [0.1, 0.15) is 26.4 Å². The number of rotatable bonds is 5. The fourth-order valence-corrected chi connectivity index (χ4v) is 5.30. The van der Waals surface area contributed by atoms with E-state index in [1.807, 2.05) is 0 Å². The number of aryl methyl sites for hydroxylation is 1. The van der Waals surface area contributed by atoms with Gasteiger partial charge in [0.2, 0.25) is 0 Å². The predicted molar refractivity (Wildman–Crippen MR) is 101 cm³/mol. The van der Waals surface area contributed by atoms with E-state index in [-0.39, 0.29) is 20.3 Å². The normalized spacial score (nSPS) is 11.2. The summed E-state index contributed by atoms with van der Waals surface area (Å²) in [4.78, 5) is 24.1. The molecule has 0 atom stereocenters. The predicted octanol–water partition coefficient (Wildman–Crippen LogP) is 2.07. The second kappa shape index (κ2) is 7.49. The number of thiophene rings is 1. The lowest BCUT2D eigenvalue weighted by molar-refractivity contribution is -0.518. The Kier molecular flexibility index (Phi) is 5.25. The van der Waals surface area contributed by atoms with Crippen LogP contribution in [-0.4, -0.2) is 20.2 Å². The highest BCUT2D eigenvalue weighted by molar-refractivity contribution is 7.87. The summed E-state index contributed by atoms with van der Waals surface area (Å²) in [6.45, 7) is 1.61. The molecule has 10 heteroatoms. The highest BCUT2D eigenvalue weighted by Crippen LogP contribution is 2.31. The van der Waals surface area contributed by atoms with Crippen LogP contribution in [0.5, 0.6) is 0 Å². The topological polar surface area (TPSA) is 110 Å². The third-order valence-electron chi connectivity index (χ3n) is 3.85. The highest BCUT2D eigenvalue weighted by Gasteiger charge is 2.32. The summed E-state index contributed by atoms with van der Waals surface area (Å²) in [6, 6.07) is 11.2. The van der Waals surface area contributed by atoms with Crippen LogP contribution < -0.4 is 15.0 Å². The molecule has 0 bridgehead atoms. The van der Waals surface area contributed by atoms with E-state index in [0.717, 1.165) is 16.1 Å². The van der Waals surface area contributed by atoms with Crippen LogP contribution in [0.4, 0.5) is 9.39 Å². The number of nitrogens with one attached hydrogen (secondary N) is 1. The van der Waals surface area contributed by atoms with E-state index < -0.39 is 27.7 Å². The van der Waals surface area contributed by atoms with E-state index in [1.54, 1.807) is 25.1 Å².